The van der Waals surface area contributed by atoms with Crippen molar-refractivity contribution in [3.05, 3.63) is 94.7 Å². The number of rotatable bonds is 4. The summed E-state index contributed by atoms with van der Waals surface area (Å²) in [5, 5.41) is 4.65. The summed E-state index contributed by atoms with van der Waals surface area (Å²) in [4.78, 5) is 13.4. The molecule has 0 atom stereocenters. The van der Waals surface area contributed by atoms with Gasteiger partial charge in [0.2, 0.25) is 0 Å². The molecule has 3 nitrogen and oxygen atoms in total. The van der Waals surface area contributed by atoms with Crippen LogP contribution in [0, 0.1) is 12.7 Å². The van der Waals surface area contributed by atoms with Crippen molar-refractivity contribution in [1.29, 1.82) is 0 Å². The van der Waals surface area contributed by atoms with Crippen LogP contribution < -0.4 is 5.32 Å². The number of hydrogen-bond donors (Lipinski definition) is 1. The van der Waals surface area contributed by atoms with Crippen LogP contribution in [-0.2, 0) is 0 Å². The van der Waals surface area contributed by atoms with E-state index in [4.69, 9.17) is 0 Å². The van der Waals surface area contributed by atoms with Crippen LogP contribution in [0.25, 0.3) is 16.8 Å². The summed E-state index contributed by atoms with van der Waals surface area (Å²) in [7, 11) is 0. The first kappa shape index (κ1) is 17.2. The molecule has 2 heterocycles. The SMILES string of the molecule is Cc1ccc(-c2csc(C(=O)Nc3ccccc3F)c2-n2cccc2)cc1. The van der Waals surface area contributed by atoms with E-state index < -0.39 is 5.82 Å². The third-order valence-electron chi connectivity index (χ3n) is 4.32. The van der Waals surface area contributed by atoms with Crippen LogP contribution >= 0.6 is 11.3 Å². The molecule has 27 heavy (non-hydrogen) atoms. The second kappa shape index (κ2) is 7.21. The normalized spacial score (nSPS) is 10.7. The van der Waals surface area contributed by atoms with Gasteiger partial charge in [-0.25, -0.2) is 4.39 Å². The van der Waals surface area contributed by atoms with E-state index in [1.165, 1.54) is 23.0 Å². The third kappa shape index (κ3) is 3.41. The molecule has 0 aliphatic heterocycles. The van der Waals surface area contributed by atoms with E-state index in [2.05, 4.69) is 5.32 Å². The van der Waals surface area contributed by atoms with Crippen LogP contribution in [0.4, 0.5) is 10.1 Å². The van der Waals surface area contributed by atoms with E-state index in [1.807, 2.05) is 65.7 Å². The lowest BCUT2D eigenvalue weighted by atomic mass is 10.0. The number of nitrogens with zero attached hydrogens (tertiary/aromatic N) is 1. The molecule has 1 amide bonds. The van der Waals surface area contributed by atoms with Crippen LogP contribution in [0.3, 0.4) is 0 Å². The van der Waals surface area contributed by atoms with Crippen molar-refractivity contribution in [2.24, 2.45) is 0 Å². The second-order valence-electron chi connectivity index (χ2n) is 6.22. The maximum atomic E-state index is 13.9. The molecule has 0 radical (unpaired) electrons. The Morgan fingerprint density at radius 2 is 1.70 bits per heavy atom. The molecule has 2 aromatic carbocycles. The number of thiophene rings is 1. The Morgan fingerprint density at radius 3 is 2.41 bits per heavy atom. The Balaban J connectivity index is 1.78. The van der Waals surface area contributed by atoms with Crippen LogP contribution in [0.15, 0.2) is 78.4 Å². The van der Waals surface area contributed by atoms with E-state index in [0.717, 1.165) is 16.8 Å². The molecule has 0 fully saturated rings. The van der Waals surface area contributed by atoms with Crippen molar-refractivity contribution in [2.75, 3.05) is 5.32 Å². The first-order valence-electron chi connectivity index (χ1n) is 8.51. The first-order valence-corrected chi connectivity index (χ1v) is 9.39. The smallest absolute Gasteiger partial charge is 0.267 e. The van der Waals surface area contributed by atoms with Crippen LogP contribution in [-0.4, -0.2) is 10.5 Å². The Labute approximate surface area is 160 Å². The van der Waals surface area contributed by atoms with Crippen LogP contribution in [0.2, 0.25) is 0 Å². The third-order valence-corrected chi connectivity index (χ3v) is 5.29. The van der Waals surface area contributed by atoms with E-state index in [-0.39, 0.29) is 11.6 Å². The number of anilines is 1. The zero-order chi connectivity index (χ0) is 18.8. The Hall–Kier alpha value is -3.18. The fourth-order valence-corrected chi connectivity index (χ4v) is 3.90. The molecule has 0 bridgehead atoms. The van der Waals surface area contributed by atoms with E-state index in [1.54, 1.807) is 18.2 Å². The number of hydrogen-bond acceptors (Lipinski definition) is 2. The van der Waals surface area contributed by atoms with Crippen LogP contribution in [0.1, 0.15) is 15.2 Å². The van der Waals surface area contributed by atoms with Gasteiger partial charge in [-0.1, -0.05) is 42.0 Å². The van der Waals surface area contributed by atoms with Crippen molar-refractivity contribution in [2.45, 2.75) is 6.92 Å². The Bertz CT molecular complexity index is 1080. The maximum Gasteiger partial charge on any atom is 0.267 e. The highest BCUT2D eigenvalue weighted by Gasteiger charge is 2.21. The largest absolute Gasteiger partial charge is 0.322 e. The predicted octanol–water partition coefficient (Wildman–Crippen LogP) is 5.91. The van der Waals surface area contributed by atoms with Crippen molar-refractivity contribution >= 4 is 22.9 Å². The molecule has 0 saturated carbocycles. The van der Waals surface area contributed by atoms with Crippen LogP contribution in [0.5, 0.6) is 0 Å². The molecule has 0 spiro atoms. The lowest BCUT2D eigenvalue weighted by Gasteiger charge is -2.11. The van der Waals surface area contributed by atoms with E-state index >= 15 is 0 Å². The first-order chi connectivity index (χ1) is 13.1. The highest BCUT2D eigenvalue weighted by Crippen LogP contribution is 2.35. The van der Waals surface area contributed by atoms with Crippen molar-refractivity contribution in [1.82, 2.24) is 4.57 Å². The number of halogens is 1. The number of benzene rings is 2. The molecule has 0 aliphatic rings. The predicted molar refractivity (Wildman–Crippen MR) is 108 cm³/mol. The second-order valence-corrected chi connectivity index (χ2v) is 7.10. The number of carbonyl (C=O) groups excluding carboxylic acids is 1. The van der Waals surface area contributed by atoms with Crippen molar-refractivity contribution in [3.63, 3.8) is 0 Å². The lowest BCUT2D eigenvalue weighted by molar-refractivity contribution is 0.103. The maximum absolute atomic E-state index is 13.9. The quantitative estimate of drug-likeness (QED) is 0.472. The summed E-state index contributed by atoms with van der Waals surface area (Å²) in [5.41, 5.74) is 4.14. The van der Waals surface area contributed by atoms with Gasteiger partial charge >= 0.3 is 0 Å². The van der Waals surface area contributed by atoms with Gasteiger partial charge < -0.3 is 9.88 Å². The number of aromatic nitrogens is 1. The molecular formula is C22H17FN2OS. The molecule has 0 aliphatic carbocycles. The van der Waals surface area contributed by atoms with Gasteiger partial charge in [0.15, 0.2) is 0 Å². The standard InChI is InChI=1S/C22H17FN2OS/c1-15-8-10-16(11-9-15)17-14-27-21(20(17)25-12-4-5-13-25)22(26)24-19-7-3-2-6-18(19)23/h2-14H,1H3,(H,24,26). The minimum Gasteiger partial charge on any atom is -0.322 e. The van der Waals surface area contributed by atoms with Gasteiger partial charge in [-0.2, -0.15) is 0 Å². The Kier molecular flexibility index (Phi) is 4.60. The summed E-state index contributed by atoms with van der Waals surface area (Å²) in [6, 6.07) is 18.2. The molecule has 134 valence electrons. The lowest BCUT2D eigenvalue weighted by Crippen LogP contribution is -2.13. The molecule has 5 heteroatoms. The molecule has 0 saturated heterocycles. The van der Waals surface area contributed by atoms with E-state index in [0.29, 0.717) is 4.88 Å². The highest BCUT2D eigenvalue weighted by atomic mass is 32.1. The fraction of sp³-hybridized carbons (Fsp3) is 0.0455. The number of aryl methyl sites for hydroxylation is 1. The molecule has 1 N–H and O–H groups in total. The average Bonchev–Trinajstić information content (AvgIpc) is 3.33. The number of para-hydroxylation sites is 1. The molecule has 2 aromatic heterocycles. The van der Waals surface area contributed by atoms with Gasteiger partial charge in [0.25, 0.3) is 5.91 Å². The summed E-state index contributed by atoms with van der Waals surface area (Å²) in [6.07, 6.45) is 3.80. The average molecular weight is 376 g/mol. The summed E-state index contributed by atoms with van der Waals surface area (Å²) in [6.45, 7) is 2.04. The monoisotopic (exact) mass is 376 g/mol. The van der Waals surface area contributed by atoms with Gasteiger partial charge in [-0.15, -0.1) is 11.3 Å². The summed E-state index contributed by atoms with van der Waals surface area (Å²) in [5.74, 6) is -0.782. The zero-order valence-electron chi connectivity index (χ0n) is 14.6. The molecule has 4 rings (SSSR count). The minimum atomic E-state index is -0.455. The van der Waals surface area contributed by atoms with Gasteiger partial charge in [0, 0.05) is 23.3 Å². The van der Waals surface area contributed by atoms with E-state index in [9.17, 15) is 9.18 Å². The molecule has 4 aromatic rings. The Morgan fingerprint density at radius 1 is 1.00 bits per heavy atom. The molecular weight excluding hydrogens is 359 g/mol. The number of amides is 1. The van der Waals surface area contributed by atoms with Gasteiger partial charge in [0.1, 0.15) is 10.7 Å². The minimum absolute atomic E-state index is 0.172. The van der Waals surface area contributed by atoms with Crippen molar-refractivity contribution < 1.29 is 9.18 Å². The van der Waals surface area contributed by atoms with Gasteiger partial charge in [-0.05, 0) is 36.8 Å². The molecule has 0 unspecified atom stereocenters. The number of carbonyl (C=O) groups is 1. The summed E-state index contributed by atoms with van der Waals surface area (Å²) >= 11 is 1.35. The fourth-order valence-electron chi connectivity index (χ4n) is 2.93. The zero-order valence-corrected chi connectivity index (χ0v) is 15.5. The van der Waals surface area contributed by atoms with Crippen molar-refractivity contribution in [3.8, 4) is 16.8 Å². The van der Waals surface area contributed by atoms with Gasteiger partial charge in [0.05, 0.1) is 11.4 Å². The topological polar surface area (TPSA) is 34.0 Å². The summed E-state index contributed by atoms with van der Waals surface area (Å²) < 4.78 is 15.8. The van der Waals surface area contributed by atoms with Gasteiger partial charge in [-0.3, -0.25) is 4.79 Å². The number of nitrogens with one attached hydrogen (secondary N) is 1. The highest BCUT2D eigenvalue weighted by molar-refractivity contribution is 7.13.